The van der Waals surface area contributed by atoms with Gasteiger partial charge in [-0.25, -0.2) is 0 Å². The molecule has 0 radical (unpaired) electrons. The van der Waals surface area contributed by atoms with Crippen molar-refractivity contribution in [3.8, 4) is 0 Å². The van der Waals surface area contributed by atoms with E-state index in [2.05, 4.69) is 40.5 Å². The number of carbonyl (C=O) groups is 4. The molecule has 24 heteroatoms. The first-order chi connectivity index (χ1) is 49.4. The van der Waals surface area contributed by atoms with Crippen LogP contribution in [0.1, 0.15) is 195 Å². The molecule has 576 valence electrons. The van der Waals surface area contributed by atoms with Crippen LogP contribution in [-0.4, -0.2) is 256 Å². The summed E-state index contributed by atoms with van der Waals surface area (Å²) in [6.07, 6.45) is 1.16. The number of rotatable bonds is 6. The van der Waals surface area contributed by atoms with Gasteiger partial charge in [-0.3, -0.25) is 19.2 Å². The van der Waals surface area contributed by atoms with Gasteiger partial charge in [-0.05, 0) is 136 Å². The fourth-order valence-corrected chi connectivity index (χ4v) is 21.3. The summed E-state index contributed by atoms with van der Waals surface area (Å²) in [5.74, 6) is -0.522. The zero-order valence-electron chi connectivity index (χ0n) is 60.7. The lowest BCUT2D eigenvalue weighted by molar-refractivity contribution is -0.292. The molecule has 6 unspecified atom stereocenters. The molecule has 17 aliphatic rings. The predicted octanol–water partition coefficient (Wildman–Crippen LogP) is 6.00. The molecule has 6 N–H and O–H groups in total. The Hall–Kier alpha value is -2.90. The highest BCUT2D eigenvalue weighted by molar-refractivity contribution is 5.85. The Morgan fingerprint density at radius 1 is 0.408 bits per heavy atom. The van der Waals surface area contributed by atoms with E-state index in [4.69, 9.17) is 66.3 Å². The predicted molar refractivity (Wildman–Crippen MR) is 366 cm³/mol. The minimum atomic E-state index is -1.11. The Balaban J connectivity index is 0.000000166. The van der Waals surface area contributed by atoms with Crippen molar-refractivity contribution in [2.45, 2.75) is 384 Å². The molecule has 17 heterocycles. The summed E-state index contributed by atoms with van der Waals surface area (Å²) in [6, 6.07) is 0. The second-order valence-electron chi connectivity index (χ2n) is 34.3. The fourth-order valence-electron chi connectivity index (χ4n) is 21.3. The van der Waals surface area contributed by atoms with Gasteiger partial charge < -0.3 is 97.0 Å². The average Bonchev–Trinajstić information content (AvgIpc) is 1.55. The summed E-state index contributed by atoms with van der Waals surface area (Å²) in [6.45, 7) is 21.1. The Kier molecular flexibility index (Phi) is 23.1. The molecule has 0 aliphatic carbocycles. The highest BCUT2D eigenvalue weighted by atomic mass is 16.8. The summed E-state index contributed by atoms with van der Waals surface area (Å²) in [5, 5.41) is 62.4. The molecular formula is C79H116O24. The number of hydrogen-bond donors (Lipinski definition) is 6. The van der Waals surface area contributed by atoms with Crippen LogP contribution in [0.4, 0.5) is 0 Å². The van der Waals surface area contributed by atoms with Crippen molar-refractivity contribution < 1.29 is 116 Å². The van der Waals surface area contributed by atoms with Crippen molar-refractivity contribution in [2.75, 3.05) is 13.2 Å². The molecule has 17 fully saturated rings. The standard InChI is InChI=1S/C40H58O11.C39H58O13/c1-19-11-25-5-7-29-20(2)12-27(44-29)9-10-40-17-34-36(50-40)37-38(49-34)39(51-40)35-30(48-37)8-6-26(46-35)13-23(42)14-28-22(4)31(15-24(43)18-41)47-33(28)16-32(45-25)21(19)3;1-18-10-24-6-8-29-28(44)15-26(47-29)5-4-21(41)13-34-35(45)38-39(52-34)36(46)37-30(51-38)9-7-25(49-37)11-22(42)12-27-20(3)31(14-23(43)17-40)50-33(27)16-32(48-24)19(18)2/h19,22,24-39,41,43H,2-3,5-18H2,1,4H3;18,20,23-27,29-40,43,45-46H,2,4-17H2,1,3H3/t19-,22-,24+,25+,26?,27+,28-,29?,30+,31-,32?,33+,34-,35+,36+,37+,38-,39+,40+;18-,20-,23+,24+,25?,26+,27-,29?,30+,31-,32?,33+,34-,35+,36+,37+,38+,39+/m11/s1. The zero-order chi connectivity index (χ0) is 72.0. The van der Waals surface area contributed by atoms with Gasteiger partial charge in [-0.2, -0.15) is 0 Å². The molecule has 1 spiro atoms. The van der Waals surface area contributed by atoms with Crippen LogP contribution >= 0.6 is 0 Å². The third-order valence-corrected chi connectivity index (χ3v) is 27.2. The van der Waals surface area contributed by atoms with Gasteiger partial charge in [0.05, 0.1) is 129 Å². The quantitative estimate of drug-likeness (QED) is 0.166. The van der Waals surface area contributed by atoms with Crippen LogP contribution in [0.15, 0.2) is 36.5 Å². The van der Waals surface area contributed by atoms with Gasteiger partial charge in [-0.15, -0.1) is 0 Å². The average molecular weight is 1450 g/mol. The lowest BCUT2D eigenvalue weighted by Crippen LogP contribution is -2.61. The second kappa shape index (κ2) is 31.5. The molecule has 0 aromatic heterocycles. The van der Waals surface area contributed by atoms with Crippen LogP contribution in [0.5, 0.6) is 0 Å². The minimum Gasteiger partial charge on any atom is -0.394 e. The molecule has 17 rings (SSSR count). The third kappa shape index (κ3) is 15.8. The molecule has 0 aromatic rings. The van der Waals surface area contributed by atoms with Crippen LogP contribution in [0.2, 0.25) is 0 Å². The Labute approximate surface area is 605 Å². The Morgan fingerprint density at radius 3 is 1.50 bits per heavy atom. The van der Waals surface area contributed by atoms with E-state index in [1.807, 2.05) is 6.92 Å². The van der Waals surface area contributed by atoms with Crippen molar-refractivity contribution in [1.29, 1.82) is 0 Å². The van der Waals surface area contributed by atoms with Gasteiger partial charge in [0.15, 0.2) is 11.6 Å². The molecule has 24 nitrogen and oxygen atoms in total. The molecule has 37 atom stereocenters. The number of aliphatic hydroxyl groups is 6. The number of fused-ring (bicyclic) bond motifs is 13. The van der Waals surface area contributed by atoms with Crippen molar-refractivity contribution in [2.24, 2.45) is 35.5 Å². The fraction of sp³-hybridized carbons (Fsp3) is 0.873. The summed E-state index contributed by atoms with van der Waals surface area (Å²) < 4.78 is 91.8. The van der Waals surface area contributed by atoms with Gasteiger partial charge in [-0.1, -0.05) is 47.4 Å². The summed E-state index contributed by atoms with van der Waals surface area (Å²) >= 11 is 0. The lowest BCUT2D eigenvalue weighted by Gasteiger charge is -2.47. The first-order valence-corrected chi connectivity index (χ1v) is 39.7. The number of ketones is 4. The number of hydrogen-bond acceptors (Lipinski definition) is 24. The van der Waals surface area contributed by atoms with Gasteiger partial charge in [0.25, 0.3) is 0 Å². The zero-order valence-corrected chi connectivity index (χ0v) is 60.7. The molecular weight excluding hydrogens is 1330 g/mol. The topological polar surface area (TPSA) is 319 Å². The highest BCUT2D eigenvalue weighted by Crippen LogP contribution is 2.55. The first-order valence-electron chi connectivity index (χ1n) is 39.7. The van der Waals surface area contributed by atoms with E-state index in [1.165, 1.54) is 0 Å². The van der Waals surface area contributed by atoms with E-state index in [0.29, 0.717) is 83.0 Å². The summed E-state index contributed by atoms with van der Waals surface area (Å²) in [5.41, 5.74) is 3.19. The third-order valence-electron chi connectivity index (χ3n) is 27.2. The molecule has 0 amide bonds. The highest BCUT2D eigenvalue weighted by Gasteiger charge is 2.69. The Bertz CT molecular complexity index is 3070. The van der Waals surface area contributed by atoms with Crippen molar-refractivity contribution in [3.63, 3.8) is 0 Å². The maximum Gasteiger partial charge on any atom is 0.172 e. The van der Waals surface area contributed by atoms with Crippen molar-refractivity contribution >= 4 is 23.1 Å². The minimum absolute atomic E-state index is 0.00663. The van der Waals surface area contributed by atoms with E-state index in [1.54, 1.807) is 0 Å². The normalized spacial score (nSPS) is 50.8. The van der Waals surface area contributed by atoms with E-state index >= 15 is 0 Å². The SMILES string of the molecule is C=C1C2C[C@@H]3O[C@H](C[C@H](O)CO)[C@H](C)[C@H]3CC(=O)CC3CC[C@@H]4O[C@H]5[C@@H](O)[C@@H](CC(=O)CC[C@H]6CC(=O)C(CC[C@@H](C[C@H]1C)O2)O6)O[C@H]5[C@@H](O)[C@H]4O3.C=C1C[C@@H]2CC[C@@]34C[C@H]5O[C@H]6[C@@H](O3)[C@H]3OC(CC[C@@H]3O[C@H]6[C@H]5O4)CC(=O)C[C@@H]3[C@@H](C)[C@@H](C[C@H](O)CO)O[C@H]3CC3O[C@@H](CCC1O2)C[C@@H](C)C3=C. The number of Topliss-reactive ketones (excluding diaryl/α,β-unsaturated/α-hetero) is 4. The Morgan fingerprint density at radius 2 is 0.893 bits per heavy atom. The maximum absolute atomic E-state index is 14.0. The second-order valence-corrected chi connectivity index (χ2v) is 34.3. The van der Waals surface area contributed by atoms with Crippen LogP contribution in [0, 0.1) is 35.5 Å². The van der Waals surface area contributed by atoms with Gasteiger partial charge in [0, 0.05) is 83.5 Å². The number of aliphatic hydroxyl groups excluding tert-OH is 6. The van der Waals surface area contributed by atoms with E-state index in [-0.39, 0.29) is 220 Å². The van der Waals surface area contributed by atoms with E-state index < -0.39 is 72.9 Å². The van der Waals surface area contributed by atoms with E-state index in [0.717, 1.165) is 68.1 Å². The molecule has 20 bridgehead atoms. The van der Waals surface area contributed by atoms with Crippen LogP contribution in [-0.2, 0) is 85.5 Å². The largest absolute Gasteiger partial charge is 0.394 e. The van der Waals surface area contributed by atoms with Crippen molar-refractivity contribution in [3.05, 3.63) is 36.5 Å². The molecule has 17 aliphatic heterocycles. The smallest absolute Gasteiger partial charge is 0.172 e. The molecule has 103 heavy (non-hydrogen) atoms. The summed E-state index contributed by atoms with van der Waals surface area (Å²) in [4.78, 5) is 53.8. The van der Waals surface area contributed by atoms with Gasteiger partial charge in [0.1, 0.15) is 84.5 Å². The first kappa shape index (κ1) is 75.5. The van der Waals surface area contributed by atoms with Gasteiger partial charge >= 0.3 is 0 Å². The summed E-state index contributed by atoms with van der Waals surface area (Å²) in [7, 11) is 0. The molecule has 0 aromatic carbocycles. The maximum atomic E-state index is 14.0. The number of carbonyl (C=O) groups excluding carboxylic acids is 4. The monoisotopic (exact) mass is 1450 g/mol. The van der Waals surface area contributed by atoms with Crippen LogP contribution in [0.3, 0.4) is 0 Å². The molecule has 0 saturated carbocycles. The number of ether oxygens (including phenoxy) is 14. The lowest BCUT2D eigenvalue weighted by atomic mass is 9.79. The molecule has 17 saturated heterocycles. The van der Waals surface area contributed by atoms with Crippen LogP contribution in [0.25, 0.3) is 0 Å². The van der Waals surface area contributed by atoms with E-state index in [9.17, 15) is 49.8 Å². The van der Waals surface area contributed by atoms with Gasteiger partial charge in [0.2, 0.25) is 0 Å². The van der Waals surface area contributed by atoms with Crippen molar-refractivity contribution in [1.82, 2.24) is 0 Å². The van der Waals surface area contributed by atoms with Crippen LogP contribution < -0.4 is 0 Å².